The summed E-state index contributed by atoms with van der Waals surface area (Å²) >= 11 is 11.9. The second-order valence-electron chi connectivity index (χ2n) is 4.24. The van der Waals surface area contributed by atoms with Gasteiger partial charge >= 0.3 is 0 Å². The van der Waals surface area contributed by atoms with Crippen LogP contribution in [0.4, 0.5) is 10.1 Å². The molecular weight excluding hydrogens is 316 g/mol. The van der Waals surface area contributed by atoms with Gasteiger partial charge in [0.15, 0.2) is 5.82 Å². The maximum Gasteiger partial charge on any atom is 0.189 e. The standard InChI is InChI=1S/C13H8Cl2FN5/c14-7-1-3-9(11(17)5-7)13-18-19-20-21(13)12-4-2-8(16)6-10(12)15/h1-6H,17H2. The first-order chi connectivity index (χ1) is 10.1. The summed E-state index contributed by atoms with van der Waals surface area (Å²) in [5.41, 5.74) is 7.42. The second kappa shape index (κ2) is 5.31. The van der Waals surface area contributed by atoms with E-state index in [0.717, 1.165) is 0 Å². The van der Waals surface area contributed by atoms with E-state index < -0.39 is 5.82 Å². The van der Waals surface area contributed by atoms with Crippen LogP contribution in [0.2, 0.25) is 10.0 Å². The molecule has 106 valence electrons. The van der Waals surface area contributed by atoms with Gasteiger partial charge in [0, 0.05) is 16.3 Å². The van der Waals surface area contributed by atoms with Crippen molar-refractivity contribution in [1.29, 1.82) is 0 Å². The Hall–Kier alpha value is -2.18. The summed E-state index contributed by atoms with van der Waals surface area (Å²) < 4.78 is 14.5. The molecule has 0 aliphatic carbocycles. The van der Waals surface area contributed by atoms with Crippen molar-refractivity contribution in [2.45, 2.75) is 0 Å². The summed E-state index contributed by atoms with van der Waals surface area (Å²) in [5.74, 6) is -0.0537. The molecule has 0 fully saturated rings. The SMILES string of the molecule is Nc1cc(Cl)ccc1-c1nnnn1-c1ccc(F)cc1Cl. The van der Waals surface area contributed by atoms with Crippen molar-refractivity contribution in [2.24, 2.45) is 0 Å². The zero-order valence-corrected chi connectivity index (χ0v) is 12.0. The van der Waals surface area contributed by atoms with Crippen molar-refractivity contribution in [3.63, 3.8) is 0 Å². The molecule has 0 atom stereocenters. The van der Waals surface area contributed by atoms with Crippen LogP contribution in [0.1, 0.15) is 0 Å². The Morgan fingerprint density at radius 3 is 2.62 bits per heavy atom. The molecule has 8 heteroatoms. The predicted molar refractivity (Wildman–Crippen MR) is 79.0 cm³/mol. The lowest BCUT2D eigenvalue weighted by Gasteiger charge is -2.08. The number of hydrogen-bond donors (Lipinski definition) is 1. The Balaban J connectivity index is 2.17. The first-order valence-electron chi connectivity index (χ1n) is 5.85. The molecule has 0 spiro atoms. The molecule has 0 saturated carbocycles. The molecule has 0 unspecified atom stereocenters. The third kappa shape index (κ3) is 2.55. The van der Waals surface area contributed by atoms with E-state index in [1.165, 1.54) is 22.9 Å². The first-order valence-corrected chi connectivity index (χ1v) is 6.61. The van der Waals surface area contributed by atoms with Gasteiger partial charge in [-0.3, -0.25) is 0 Å². The highest BCUT2D eigenvalue weighted by Crippen LogP contribution is 2.30. The van der Waals surface area contributed by atoms with E-state index in [9.17, 15) is 4.39 Å². The molecule has 0 aliphatic rings. The maximum atomic E-state index is 13.1. The minimum atomic E-state index is -0.440. The normalized spacial score (nSPS) is 10.8. The highest BCUT2D eigenvalue weighted by molar-refractivity contribution is 6.32. The summed E-state index contributed by atoms with van der Waals surface area (Å²) in [6.45, 7) is 0. The van der Waals surface area contributed by atoms with E-state index in [4.69, 9.17) is 28.9 Å². The Kier molecular flexibility index (Phi) is 3.48. The highest BCUT2D eigenvalue weighted by Gasteiger charge is 2.16. The van der Waals surface area contributed by atoms with Crippen LogP contribution >= 0.6 is 23.2 Å². The number of anilines is 1. The molecule has 3 rings (SSSR count). The number of nitrogens with two attached hydrogens (primary N) is 1. The van der Waals surface area contributed by atoms with E-state index in [0.29, 0.717) is 27.8 Å². The number of hydrogen-bond acceptors (Lipinski definition) is 4. The molecule has 3 aromatic rings. The number of benzene rings is 2. The summed E-state index contributed by atoms with van der Waals surface area (Å²) in [6, 6.07) is 8.94. The fraction of sp³-hybridized carbons (Fsp3) is 0. The first kappa shape index (κ1) is 13.8. The zero-order chi connectivity index (χ0) is 15.0. The van der Waals surface area contributed by atoms with Crippen molar-refractivity contribution in [3.05, 3.63) is 52.3 Å². The van der Waals surface area contributed by atoms with Gasteiger partial charge < -0.3 is 5.73 Å². The fourth-order valence-corrected chi connectivity index (χ4v) is 2.34. The molecule has 0 aliphatic heterocycles. The largest absolute Gasteiger partial charge is 0.398 e. The van der Waals surface area contributed by atoms with Crippen LogP contribution in [0.5, 0.6) is 0 Å². The predicted octanol–water partition coefficient (Wildman–Crippen LogP) is 3.36. The quantitative estimate of drug-likeness (QED) is 0.734. The summed E-state index contributed by atoms with van der Waals surface area (Å²) in [5, 5.41) is 12.1. The number of aromatic nitrogens is 4. The molecule has 0 bridgehead atoms. The molecule has 0 amide bonds. The molecule has 21 heavy (non-hydrogen) atoms. The molecule has 1 heterocycles. The van der Waals surface area contributed by atoms with Crippen LogP contribution in [-0.2, 0) is 0 Å². The van der Waals surface area contributed by atoms with Crippen LogP contribution in [0, 0.1) is 5.82 Å². The lowest BCUT2D eigenvalue weighted by atomic mass is 10.1. The van der Waals surface area contributed by atoms with Crippen molar-refractivity contribution in [1.82, 2.24) is 20.2 Å². The maximum absolute atomic E-state index is 13.1. The second-order valence-corrected chi connectivity index (χ2v) is 5.09. The monoisotopic (exact) mass is 323 g/mol. The molecule has 0 saturated heterocycles. The number of nitrogen functional groups attached to an aromatic ring is 1. The number of tetrazole rings is 1. The van der Waals surface area contributed by atoms with Crippen LogP contribution < -0.4 is 5.73 Å². The lowest BCUT2D eigenvalue weighted by molar-refractivity contribution is 0.627. The van der Waals surface area contributed by atoms with Crippen molar-refractivity contribution < 1.29 is 4.39 Å². The smallest absolute Gasteiger partial charge is 0.189 e. The van der Waals surface area contributed by atoms with Gasteiger partial charge in [-0.05, 0) is 46.8 Å². The zero-order valence-electron chi connectivity index (χ0n) is 10.5. The van der Waals surface area contributed by atoms with Crippen molar-refractivity contribution in [2.75, 3.05) is 5.73 Å². The van der Waals surface area contributed by atoms with E-state index >= 15 is 0 Å². The topological polar surface area (TPSA) is 69.6 Å². The van der Waals surface area contributed by atoms with Gasteiger partial charge in [0.25, 0.3) is 0 Å². The Bertz CT molecular complexity index is 752. The van der Waals surface area contributed by atoms with Crippen LogP contribution in [-0.4, -0.2) is 20.2 Å². The number of rotatable bonds is 2. The van der Waals surface area contributed by atoms with Gasteiger partial charge in [0.05, 0.1) is 10.7 Å². The summed E-state index contributed by atoms with van der Waals surface area (Å²) in [4.78, 5) is 0. The number of nitrogens with zero attached hydrogens (tertiary/aromatic N) is 4. The molecule has 2 N–H and O–H groups in total. The minimum absolute atomic E-state index is 0.191. The third-order valence-electron chi connectivity index (χ3n) is 2.86. The lowest BCUT2D eigenvalue weighted by Crippen LogP contribution is -2.02. The third-order valence-corrected chi connectivity index (χ3v) is 3.40. The summed E-state index contributed by atoms with van der Waals surface area (Å²) in [7, 11) is 0. The van der Waals surface area contributed by atoms with Gasteiger partial charge in [-0.1, -0.05) is 23.2 Å². The van der Waals surface area contributed by atoms with Gasteiger partial charge in [0.2, 0.25) is 0 Å². The molecule has 0 radical (unpaired) electrons. The average molecular weight is 324 g/mol. The average Bonchev–Trinajstić information content (AvgIpc) is 2.87. The Morgan fingerprint density at radius 2 is 1.90 bits per heavy atom. The van der Waals surface area contributed by atoms with Crippen LogP contribution in [0.3, 0.4) is 0 Å². The fourth-order valence-electron chi connectivity index (χ4n) is 1.91. The van der Waals surface area contributed by atoms with Gasteiger partial charge in [-0.15, -0.1) is 5.10 Å². The molecular formula is C13H8Cl2FN5. The van der Waals surface area contributed by atoms with Crippen LogP contribution in [0.25, 0.3) is 17.1 Å². The Labute approximate surface area is 129 Å². The van der Waals surface area contributed by atoms with Gasteiger partial charge in [-0.25, -0.2) is 4.39 Å². The highest BCUT2D eigenvalue weighted by atomic mass is 35.5. The van der Waals surface area contributed by atoms with Gasteiger partial charge in [0.1, 0.15) is 5.82 Å². The Morgan fingerprint density at radius 1 is 1.10 bits per heavy atom. The van der Waals surface area contributed by atoms with E-state index in [1.54, 1.807) is 18.2 Å². The molecule has 2 aromatic carbocycles. The van der Waals surface area contributed by atoms with E-state index in [2.05, 4.69) is 15.5 Å². The van der Waals surface area contributed by atoms with Gasteiger partial charge in [-0.2, -0.15) is 4.68 Å². The van der Waals surface area contributed by atoms with Crippen LogP contribution in [0.15, 0.2) is 36.4 Å². The van der Waals surface area contributed by atoms with E-state index in [-0.39, 0.29) is 5.02 Å². The van der Waals surface area contributed by atoms with E-state index in [1.807, 2.05) is 0 Å². The van der Waals surface area contributed by atoms with Crippen molar-refractivity contribution >= 4 is 28.9 Å². The molecule has 1 aromatic heterocycles. The van der Waals surface area contributed by atoms with Crippen molar-refractivity contribution in [3.8, 4) is 17.1 Å². The summed E-state index contributed by atoms with van der Waals surface area (Å²) in [6.07, 6.45) is 0. The number of halogens is 3. The minimum Gasteiger partial charge on any atom is -0.398 e. The molecule has 5 nitrogen and oxygen atoms in total.